The highest BCUT2D eigenvalue weighted by molar-refractivity contribution is 6.17. The van der Waals surface area contributed by atoms with Crippen molar-refractivity contribution >= 4 is 17.3 Å². The van der Waals surface area contributed by atoms with E-state index in [0.29, 0.717) is 5.88 Å². The Morgan fingerprint density at radius 1 is 1.06 bits per heavy atom. The summed E-state index contributed by atoms with van der Waals surface area (Å²) in [4.78, 5) is 2.66. The predicted octanol–water partition coefficient (Wildman–Crippen LogP) is 4.58. The number of halogens is 1. The number of hydrogen-bond donors (Lipinski definition) is 0. The monoisotopic (exact) mass is 263 g/mol. The zero-order valence-corrected chi connectivity index (χ0v) is 11.7. The minimum absolute atomic E-state index is 0.629. The number of nitrogens with zero attached hydrogens (tertiary/aromatic N) is 1. The van der Waals surface area contributed by atoms with Gasteiger partial charge in [0.05, 0.1) is 0 Å². The van der Waals surface area contributed by atoms with Gasteiger partial charge in [0, 0.05) is 24.2 Å². The molecule has 3 rings (SSSR count). The summed E-state index contributed by atoms with van der Waals surface area (Å²) in [5.41, 5.74) is 2.69. The molecule has 0 radical (unpaired) electrons. The van der Waals surface area contributed by atoms with Crippen LogP contribution in [0.25, 0.3) is 0 Å². The summed E-state index contributed by atoms with van der Waals surface area (Å²) in [6, 6.07) is 9.46. The molecule has 2 unspecified atom stereocenters. The third-order valence-corrected chi connectivity index (χ3v) is 4.98. The number of fused-ring (bicyclic) bond motifs is 1. The van der Waals surface area contributed by atoms with Gasteiger partial charge < -0.3 is 4.90 Å². The highest BCUT2D eigenvalue weighted by atomic mass is 35.5. The lowest BCUT2D eigenvalue weighted by Crippen LogP contribution is -2.47. The summed E-state index contributed by atoms with van der Waals surface area (Å²) < 4.78 is 0. The summed E-state index contributed by atoms with van der Waals surface area (Å²) >= 11 is 6.10. The van der Waals surface area contributed by atoms with Gasteiger partial charge in [-0.25, -0.2) is 0 Å². The lowest BCUT2D eigenvalue weighted by Gasteiger charge is -2.46. The Morgan fingerprint density at radius 3 is 2.72 bits per heavy atom. The van der Waals surface area contributed by atoms with Crippen LogP contribution < -0.4 is 4.90 Å². The second kappa shape index (κ2) is 5.52. The van der Waals surface area contributed by atoms with Gasteiger partial charge in [-0.15, -0.1) is 11.6 Å². The van der Waals surface area contributed by atoms with Crippen molar-refractivity contribution in [2.75, 3.05) is 11.4 Å². The SMILES string of the molecule is ClCc1ccccc1N1CCCC2CCCCC21. The molecule has 1 saturated carbocycles. The molecule has 1 aliphatic heterocycles. The summed E-state index contributed by atoms with van der Waals surface area (Å²) in [5, 5.41) is 0. The largest absolute Gasteiger partial charge is 0.368 e. The van der Waals surface area contributed by atoms with E-state index in [1.54, 1.807) is 0 Å². The number of benzene rings is 1. The van der Waals surface area contributed by atoms with E-state index in [9.17, 15) is 0 Å². The van der Waals surface area contributed by atoms with Crippen LogP contribution in [0.3, 0.4) is 0 Å². The first-order chi connectivity index (χ1) is 8.90. The molecule has 98 valence electrons. The predicted molar refractivity (Wildman–Crippen MR) is 78.3 cm³/mol. The average Bonchev–Trinajstić information content (AvgIpc) is 2.46. The van der Waals surface area contributed by atoms with Crippen molar-refractivity contribution in [3.8, 4) is 0 Å². The van der Waals surface area contributed by atoms with Gasteiger partial charge in [-0.2, -0.15) is 0 Å². The van der Waals surface area contributed by atoms with Crippen LogP contribution in [-0.4, -0.2) is 12.6 Å². The second-order valence-electron chi connectivity index (χ2n) is 5.71. The summed E-state index contributed by atoms with van der Waals surface area (Å²) in [6.07, 6.45) is 8.43. The number of alkyl halides is 1. The molecule has 18 heavy (non-hydrogen) atoms. The number of para-hydroxylation sites is 1. The Balaban J connectivity index is 1.89. The van der Waals surface area contributed by atoms with Gasteiger partial charge in [0.1, 0.15) is 0 Å². The molecule has 2 atom stereocenters. The molecule has 2 heteroatoms. The van der Waals surface area contributed by atoms with Gasteiger partial charge in [0.15, 0.2) is 0 Å². The van der Waals surface area contributed by atoms with E-state index in [2.05, 4.69) is 29.2 Å². The molecular formula is C16H22ClN. The maximum atomic E-state index is 6.10. The van der Waals surface area contributed by atoms with Crippen LogP contribution in [0.4, 0.5) is 5.69 Å². The zero-order valence-electron chi connectivity index (χ0n) is 10.9. The minimum atomic E-state index is 0.629. The molecule has 0 amide bonds. The summed E-state index contributed by atoms with van der Waals surface area (Å²) in [7, 11) is 0. The maximum Gasteiger partial charge on any atom is 0.0494 e. The molecule has 0 N–H and O–H groups in total. The van der Waals surface area contributed by atoms with Crippen LogP contribution >= 0.6 is 11.6 Å². The van der Waals surface area contributed by atoms with Crippen LogP contribution in [0.5, 0.6) is 0 Å². The molecular weight excluding hydrogens is 242 g/mol. The standard InChI is InChI=1S/C16H22ClN/c17-12-14-7-2-4-10-16(14)18-11-5-8-13-6-1-3-9-15(13)18/h2,4,7,10,13,15H,1,3,5-6,8-9,11-12H2. The smallest absolute Gasteiger partial charge is 0.0494 e. The van der Waals surface area contributed by atoms with Gasteiger partial charge in [0.25, 0.3) is 0 Å². The molecule has 1 aliphatic carbocycles. The molecule has 0 bridgehead atoms. The topological polar surface area (TPSA) is 3.24 Å². The Kier molecular flexibility index (Phi) is 3.79. The van der Waals surface area contributed by atoms with Crippen LogP contribution in [0, 0.1) is 5.92 Å². The van der Waals surface area contributed by atoms with Crippen molar-refractivity contribution in [3.63, 3.8) is 0 Å². The van der Waals surface area contributed by atoms with Gasteiger partial charge in [-0.05, 0) is 43.2 Å². The fourth-order valence-corrected chi connectivity index (χ4v) is 4.05. The lowest BCUT2D eigenvalue weighted by atomic mass is 9.78. The zero-order chi connectivity index (χ0) is 12.4. The van der Waals surface area contributed by atoms with Gasteiger partial charge in [-0.3, -0.25) is 0 Å². The van der Waals surface area contributed by atoms with E-state index in [0.717, 1.165) is 12.0 Å². The Bertz CT molecular complexity index is 402. The minimum Gasteiger partial charge on any atom is -0.368 e. The molecule has 1 aromatic rings. The first-order valence-corrected chi connectivity index (χ1v) is 7.84. The van der Waals surface area contributed by atoms with Gasteiger partial charge >= 0.3 is 0 Å². The van der Waals surface area contributed by atoms with Crippen molar-refractivity contribution in [1.82, 2.24) is 0 Å². The average molecular weight is 264 g/mol. The molecule has 1 aromatic carbocycles. The molecule has 1 heterocycles. The van der Waals surface area contributed by atoms with Gasteiger partial charge in [-0.1, -0.05) is 31.0 Å². The fourth-order valence-electron chi connectivity index (χ4n) is 3.83. The Labute approximate surface area is 115 Å². The quantitative estimate of drug-likeness (QED) is 0.706. The highest BCUT2D eigenvalue weighted by Gasteiger charge is 2.33. The second-order valence-corrected chi connectivity index (χ2v) is 5.98. The Morgan fingerprint density at radius 2 is 1.83 bits per heavy atom. The van der Waals surface area contributed by atoms with Crippen molar-refractivity contribution in [2.45, 2.75) is 50.4 Å². The summed E-state index contributed by atoms with van der Waals surface area (Å²) in [5.74, 6) is 1.56. The number of hydrogen-bond acceptors (Lipinski definition) is 1. The molecule has 2 aliphatic rings. The van der Waals surface area contributed by atoms with Crippen LogP contribution in [0.2, 0.25) is 0 Å². The molecule has 1 nitrogen and oxygen atoms in total. The van der Waals surface area contributed by atoms with E-state index in [4.69, 9.17) is 11.6 Å². The number of piperidine rings is 1. The molecule has 0 spiro atoms. The van der Waals surface area contributed by atoms with E-state index in [1.165, 1.54) is 56.3 Å². The third kappa shape index (κ3) is 2.25. The molecule has 2 fully saturated rings. The van der Waals surface area contributed by atoms with Crippen molar-refractivity contribution in [3.05, 3.63) is 29.8 Å². The maximum absolute atomic E-state index is 6.10. The van der Waals surface area contributed by atoms with Gasteiger partial charge in [0.2, 0.25) is 0 Å². The third-order valence-electron chi connectivity index (χ3n) is 4.69. The highest BCUT2D eigenvalue weighted by Crippen LogP contribution is 2.38. The van der Waals surface area contributed by atoms with E-state index in [1.807, 2.05) is 0 Å². The van der Waals surface area contributed by atoms with Crippen LogP contribution in [-0.2, 0) is 5.88 Å². The normalized spacial score (nSPS) is 27.9. The lowest BCUT2D eigenvalue weighted by molar-refractivity contribution is 0.243. The number of rotatable bonds is 2. The first-order valence-electron chi connectivity index (χ1n) is 7.30. The van der Waals surface area contributed by atoms with E-state index in [-0.39, 0.29) is 0 Å². The van der Waals surface area contributed by atoms with Crippen molar-refractivity contribution in [2.24, 2.45) is 5.92 Å². The Hall–Kier alpha value is -0.690. The van der Waals surface area contributed by atoms with E-state index < -0.39 is 0 Å². The molecule has 1 saturated heterocycles. The van der Waals surface area contributed by atoms with Crippen LogP contribution in [0.15, 0.2) is 24.3 Å². The van der Waals surface area contributed by atoms with Crippen molar-refractivity contribution in [1.29, 1.82) is 0 Å². The number of anilines is 1. The fraction of sp³-hybridized carbons (Fsp3) is 0.625. The molecule has 0 aromatic heterocycles. The van der Waals surface area contributed by atoms with E-state index >= 15 is 0 Å². The van der Waals surface area contributed by atoms with Crippen molar-refractivity contribution < 1.29 is 0 Å². The first kappa shape index (κ1) is 12.3. The van der Waals surface area contributed by atoms with Crippen LogP contribution in [0.1, 0.15) is 44.1 Å². The summed E-state index contributed by atoms with van der Waals surface area (Å²) in [6.45, 7) is 1.22.